The van der Waals surface area contributed by atoms with E-state index in [2.05, 4.69) is 39.8 Å². The van der Waals surface area contributed by atoms with E-state index in [1.54, 1.807) is 0 Å². The largest absolute Gasteiger partial charge is 0.489 e. The van der Waals surface area contributed by atoms with Crippen LogP contribution >= 0.6 is 0 Å². The fourth-order valence-electron chi connectivity index (χ4n) is 2.16. The second kappa shape index (κ2) is 10.5. The molecule has 0 aliphatic heterocycles. The summed E-state index contributed by atoms with van der Waals surface area (Å²) in [5.41, 5.74) is 12.7. The molecule has 4 nitrogen and oxygen atoms in total. The van der Waals surface area contributed by atoms with Crippen molar-refractivity contribution < 1.29 is 9.47 Å². The first-order valence-electron chi connectivity index (χ1n) is 8.74. The molecule has 0 aromatic heterocycles. The van der Waals surface area contributed by atoms with E-state index in [4.69, 9.17) is 20.9 Å². The van der Waals surface area contributed by atoms with E-state index in [1.807, 2.05) is 6.07 Å². The molecule has 0 saturated heterocycles. The van der Waals surface area contributed by atoms with Crippen molar-refractivity contribution >= 4 is 0 Å². The number of hydrogen-bond acceptors (Lipinski definition) is 4. The van der Waals surface area contributed by atoms with Crippen molar-refractivity contribution in [1.29, 1.82) is 0 Å². The summed E-state index contributed by atoms with van der Waals surface area (Å²) in [6.07, 6.45) is 1.96. The molecular weight excluding hydrogens is 288 g/mol. The third kappa shape index (κ3) is 7.71. The highest BCUT2D eigenvalue weighted by atomic mass is 16.5. The molecule has 0 unspecified atom stereocenters. The number of ether oxygens (including phenoxy) is 2. The van der Waals surface area contributed by atoms with Gasteiger partial charge in [-0.2, -0.15) is 0 Å². The van der Waals surface area contributed by atoms with Crippen molar-refractivity contribution in [3.05, 3.63) is 23.8 Å². The predicted octanol–water partition coefficient (Wildman–Crippen LogP) is 3.22. The van der Waals surface area contributed by atoms with E-state index < -0.39 is 0 Å². The predicted molar refractivity (Wildman–Crippen MR) is 97.0 cm³/mol. The lowest BCUT2D eigenvalue weighted by Crippen LogP contribution is -2.23. The minimum absolute atomic E-state index is 0.381. The summed E-state index contributed by atoms with van der Waals surface area (Å²) >= 11 is 0. The van der Waals surface area contributed by atoms with Crippen LogP contribution in [0.25, 0.3) is 0 Å². The molecule has 0 spiro atoms. The summed E-state index contributed by atoms with van der Waals surface area (Å²) in [6, 6.07) is 6.23. The van der Waals surface area contributed by atoms with Gasteiger partial charge in [-0.25, -0.2) is 0 Å². The zero-order valence-corrected chi connectivity index (χ0v) is 15.2. The molecular formula is C19H34N2O2. The zero-order chi connectivity index (χ0) is 17.2. The van der Waals surface area contributed by atoms with Crippen molar-refractivity contribution in [1.82, 2.24) is 0 Å². The second-order valence-electron chi connectivity index (χ2n) is 7.07. The fraction of sp³-hybridized carbons (Fsp3) is 0.684. The Morgan fingerprint density at radius 2 is 1.43 bits per heavy atom. The van der Waals surface area contributed by atoms with Crippen molar-refractivity contribution in [3.8, 4) is 11.5 Å². The van der Waals surface area contributed by atoms with Crippen LogP contribution in [0.2, 0.25) is 0 Å². The number of rotatable bonds is 11. The maximum atomic E-state index is 5.96. The summed E-state index contributed by atoms with van der Waals surface area (Å²) in [4.78, 5) is 0. The van der Waals surface area contributed by atoms with Gasteiger partial charge in [-0.3, -0.25) is 0 Å². The molecule has 1 aromatic rings. The lowest BCUT2D eigenvalue weighted by Gasteiger charge is -2.17. The van der Waals surface area contributed by atoms with Crippen LogP contribution in [0.4, 0.5) is 0 Å². The number of benzene rings is 1. The van der Waals surface area contributed by atoms with Gasteiger partial charge in [0.15, 0.2) is 11.5 Å². The van der Waals surface area contributed by atoms with Gasteiger partial charge in [0.25, 0.3) is 0 Å². The number of hydrogen-bond donors (Lipinski definition) is 2. The highest BCUT2D eigenvalue weighted by Crippen LogP contribution is 2.30. The second-order valence-corrected chi connectivity index (χ2v) is 7.07. The van der Waals surface area contributed by atoms with Crippen molar-refractivity contribution in [2.45, 2.75) is 40.5 Å². The van der Waals surface area contributed by atoms with E-state index in [0.717, 1.165) is 24.3 Å². The van der Waals surface area contributed by atoms with E-state index in [9.17, 15) is 0 Å². The average molecular weight is 322 g/mol. The topological polar surface area (TPSA) is 70.5 Å². The van der Waals surface area contributed by atoms with Gasteiger partial charge in [0.2, 0.25) is 0 Å². The van der Waals surface area contributed by atoms with Crippen LogP contribution < -0.4 is 20.9 Å². The molecule has 1 aromatic carbocycles. The summed E-state index contributed by atoms with van der Waals surface area (Å²) < 4.78 is 11.8. The molecule has 132 valence electrons. The number of aryl methyl sites for hydroxylation is 1. The van der Waals surface area contributed by atoms with Crippen molar-refractivity contribution in [2.75, 3.05) is 26.3 Å². The molecule has 0 aliphatic rings. The van der Waals surface area contributed by atoms with E-state index in [0.29, 0.717) is 44.1 Å². The van der Waals surface area contributed by atoms with Gasteiger partial charge in [-0.05, 0) is 61.4 Å². The Morgan fingerprint density at radius 1 is 0.870 bits per heavy atom. The van der Waals surface area contributed by atoms with Gasteiger partial charge in [-0.15, -0.1) is 0 Å². The maximum Gasteiger partial charge on any atom is 0.161 e. The van der Waals surface area contributed by atoms with Crippen LogP contribution in [0.5, 0.6) is 11.5 Å². The van der Waals surface area contributed by atoms with E-state index in [1.165, 1.54) is 5.56 Å². The fourth-order valence-corrected chi connectivity index (χ4v) is 2.16. The van der Waals surface area contributed by atoms with Crippen LogP contribution in [-0.2, 0) is 6.42 Å². The molecule has 23 heavy (non-hydrogen) atoms. The highest BCUT2D eigenvalue weighted by Gasteiger charge is 2.10. The molecule has 0 fully saturated rings. The Bertz CT molecular complexity index is 443. The van der Waals surface area contributed by atoms with Crippen LogP contribution in [0.3, 0.4) is 0 Å². The summed E-state index contributed by atoms with van der Waals surface area (Å²) in [5, 5.41) is 0. The van der Waals surface area contributed by atoms with Gasteiger partial charge in [0.1, 0.15) is 0 Å². The summed E-state index contributed by atoms with van der Waals surface area (Å²) in [5.74, 6) is 3.02. The lowest BCUT2D eigenvalue weighted by atomic mass is 9.99. The zero-order valence-electron chi connectivity index (χ0n) is 15.2. The van der Waals surface area contributed by atoms with Crippen LogP contribution in [0, 0.1) is 17.8 Å². The third-order valence-corrected chi connectivity index (χ3v) is 3.66. The third-order valence-electron chi connectivity index (χ3n) is 3.66. The van der Waals surface area contributed by atoms with Crippen LogP contribution in [-0.4, -0.2) is 26.3 Å². The van der Waals surface area contributed by atoms with Gasteiger partial charge in [0, 0.05) is 0 Å². The molecule has 0 saturated carbocycles. The first-order valence-corrected chi connectivity index (χ1v) is 8.74. The normalized spacial score (nSPS) is 11.5. The van der Waals surface area contributed by atoms with Crippen molar-refractivity contribution in [2.24, 2.45) is 29.2 Å². The van der Waals surface area contributed by atoms with E-state index in [-0.39, 0.29) is 0 Å². The van der Waals surface area contributed by atoms with Crippen molar-refractivity contribution in [3.63, 3.8) is 0 Å². The molecule has 0 heterocycles. The lowest BCUT2D eigenvalue weighted by molar-refractivity contribution is 0.229. The minimum atomic E-state index is 0.381. The Kier molecular flexibility index (Phi) is 9.03. The Labute approximate surface area is 141 Å². The molecule has 0 atom stereocenters. The van der Waals surface area contributed by atoms with E-state index >= 15 is 0 Å². The monoisotopic (exact) mass is 322 g/mol. The van der Waals surface area contributed by atoms with Gasteiger partial charge in [0.05, 0.1) is 13.2 Å². The Morgan fingerprint density at radius 3 is 1.96 bits per heavy atom. The number of nitrogens with two attached hydrogens (primary N) is 2. The molecule has 0 bridgehead atoms. The quantitative estimate of drug-likeness (QED) is 0.656. The molecule has 0 radical (unpaired) electrons. The van der Waals surface area contributed by atoms with Crippen LogP contribution in [0.15, 0.2) is 18.2 Å². The minimum Gasteiger partial charge on any atom is -0.489 e. The average Bonchev–Trinajstić information content (AvgIpc) is 2.52. The first-order chi connectivity index (χ1) is 11.0. The summed E-state index contributed by atoms with van der Waals surface area (Å²) in [6.45, 7) is 11.2. The molecule has 1 rings (SSSR count). The van der Waals surface area contributed by atoms with Gasteiger partial charge < -0.3 is 20.9 Å². The highest BCUT2D eigenvalue weighted by molar-refractivity contribution is 5.43. The molecule has 4 N–H and O–H groups in total. The molecule has 4 heteroatoms. The van der Waals surface area contributed by atoms with Crippen LogP contribution in [0.1, 0.15) is 39.7 Å². The first kappa shape index (κ1) is 19.8. The summed E-state index contributed by atoms with van der Waals surface area (Å²) in [7, 11) is 0. The molecule has 0 aliphatic carbocycles. The van der Waals surface area contributed by atoms with Gasteiger partial charge >= 0.3 is 0 Å². The standard InChI is InChI=1S/C19H34N2O2/c1-14(2)12-22-18-8-7-16(5-6-17(10-20)11-21)9-19(18)23-13-15(3)4/h7-9,14-15,17H,5-6,10-13,20-21H2,1-4H3. The Balaban J connectivity index is 2.78. The SMILES string of the molecule is CC(C)COc1ccc(CCC(CN)CN)cc1OCC(C)C. The van der Waals surface area contributed by atoms with Gasteiger partial charge in [-0.1, -0.05) is 33.8 Å². The maximum absolute atomic E-state index is 5.96. The molecule has 0 amide bonds. The smallest absolute Gasteiger partial charge is 0.161 e. The Hall–Kier alpha value is -1.26.